The Morgan fingerprint density at radius 3 is 2.59 bits per heavy atom. The summed E-state index contributed by atoms with van der Waals surface area (Å²) in [7, 11) is 0. The van der Waals surface area contributed by atoms with Crippen LogP contribution in [0.5, 0.6) is 0 Å². The molecule has 0 heterocycles. The summed E-state index contributed by atoms with van der Waals surface area (Å²) in [6.07, 6.45) is 7.89. The van der Waals surface area contributed by atoms with E-state index < -0.39 is 0 Å². The lowest BCUT2D eigenvalue weighted by Gasteiger charge is -2.38. The first-order chi connectivity index (χ1) is 7.95. The molecule has 0 bridgehead atoms. The Morgan fingerprint density at radius 1 is 1.41 bits per heavy atom. The van der Waals surface area contributed by atoms with Crippen LogP contribution in [0.2, 0.25) is 0 Å². The first-order valence-corrected chi connectivity index (χ1v) is 5.99. The highest BCUT2D eigenvalue weighted by Gasteiger charge is 2.38. The smallest absolute Gasteiger partial charge is 0.125 e. The summed E-state index contributed by atoms with van der Waals surface area (Å²) >= 11 is 0. The minimum Gasteiger partial charge on any atom is -0.352 e. The Bertz CT molecular complexity index is 466. The largest absolute Gasteiger partial charge is 0.352 e. The van der Waals surface area contributed by atoms with Crippen molar-refractivity contribution < 1.29 is 4.39 Å². The standard InChI is InChI=1S/C15H18FN/c1-5-15(3,4)17(13-8-9-13)14-10-12(16)7-6-11(14)2/h1,6-7,10,13H,8-9H2,2-4H3. The third kappa shape index (κ3) is 2.29. The van der Waals surface area contributed by atoms with Gasteiger partial charge in [-0.15, -0.1) is 6.42 Å². The molecule has 0 radical (unpaired) electrons. The quantitative estimate of drug-likeness (QED) is 0.719. The number of hydrogen-bond acceptors (Lipinski definition) is 1. The van der Waals surface area contributed by atoms with Gasteiger partial charge in [0, 0.05) is 11.7 Å². The second kappa shape index (κ2) is 4.07. The fourth-order valence-corrected chi connectivity index (χ4v) is 2.20. The van der Waals surface area contributed by atoms with Gasteiger partial charge in [0.05, 0.1) is 5.54 Å². The van der Waals surface area contributed by atoms with Crippen LogP contribution in [0.1, 0.15) is 32.3 Å². The highest BCUT2D eigenvalue weighted by atomic mass is 19.1. The molecule has 1 aromatic carbocycles. The number of halogens is 1. The van der Waals surface area contributed by atoms with Gasteiger partial charge in [-0.25, -0.2) is 4.39 Å². The van der Waals surface area contributed by atoms with Crippen molar-refractivity contribution >= 4 is 5.69 Å². The lowest BCUT2D eigenvalue weighted by molar-refractivity contribution is 0.567. The van der Waals surface area contributed by atoms with Crippen molar-refractivity contribution in [3.63, 3.8) is 0 Å². The number of rotatable bonds is 3. The first-order valence-electron chi connectivity index (χ1n) is 5.99. The molecular formula is C15H18FN. The van der Waals surface area contributed by atoms with E-state index in [4.69, 9.17) is 6.42 Å². The highest BCUT2D eigenvalue weighted by molar-refractivity contribution is 5.58. The monoisotopic (exact) mass is 231 g/mol. The van der Waals surface area contributed by atoms with E-state index in [0.29, 0.717) is 6.04 Å². The minimum absolute atomic E-state index is 0.205. The number of anilines is 1. The molecule has 0 unspecified atom stereocenters. The molecule has 0 spiro atoms. The van der Waals surface area contributed by atoms with Crippen molar-refractivity contribution in [1.82, 2.24) is 0 Å². The van der Waals surface area contributed by atoms with Crippen LogP contribution in [0.15, 0.2) is 18.2 Å². The number of terminal acetylenes is 1. The second-order valence-corrected chi connectivity index (χ2v) is 5.24. The van der Waals surface area contributed by atoms with Gasteiger partial charge in [-0.3, -0.25) is 0 Å². The van der Waals surface area contributed by atoms with Gasteiger partial charge in [0.1, 0.15) is 5.82 Å². The molecule has 1 fully saturated rings. The average molecular weight is 231 g/mol. The van der Waals surface area contributed by atoms with Gasteiger partial charge in [0.2, 0.25) is 0 Å². The topological polar surface area (TPSA) is 3.24 Å². The van der Waals surface area contributed by atoms with Gasteiger partial charge in [0.15, 0.2) is 0 Å². The summed E-state index contributed by atoms with van der Waals surface area (Å²) in [6.45, 7) is 6.02. The molecule has 0 atom stereocenters. The maximum Gasteiger partial charge on any atom is 0.125 e. The fraction of sp³-hybridized carbons (Fsp3) is 0.467. The normalized spacial score (nSPS) is 15.5. The molecule has 1 nitrogen and oxygen atoms in total. The van der Waals surface area contributed by atoms with Gasteiger partial charge in [-0.2, -0.15) is 0 Å². The van der Waals surface area contributed by atoms with Crippen LogP contribution in [-0.4, -0.2) is 11.6 Å². The third-order valence-corrected chi connectivity index (χ3v) is 3.30. The fourth-order valence-electron chi connectivity index (χ4n) is 2.20. The number of nitrogens with zero attached hydrogens (tertiary/aromatic N) is 1. The Hall–Kier alpha value is -1.49. The Labute approximate surface area is 103 Å². The van der Waals surface area contributed by atoms with E-state index in [1.807, 2.05) is 26.8 Å². The predicted octanol–water partition coefficient (Wildman–Crippen LogP) is 3.51. The second-order valence-electron chi connectivity index (χ2n) is 5.24. The van der Waals surface area contributed by atoms with Crippen LogP contribution in [0.3, 0.4) is 0 Å². The molecule has 1 aromatic rings. The molecule has 0 aromatic heterocycles. The summed E-state index contributed by atoms with van der Waals surface area (Å²) in [5.74, 6) is 2.61. The van der Waals surface area contributed by atoms with Gasteiger partial charge in [-0.1, -0.05) is 12.0 Å². The van der Waals surface area contributed by atoms with Crippen molar-refractivity contribution in [3.05, 3.63) is 29.6 Å². The molecule has 17 heavy (non-hydrogen) atoms. The number of hydrogen-bond donors (Lipinski definition) is 0. The third-order valence-electron chi connectivity index (χ3n) is 3.30. The first kappa shape index (κ1) is 12.0. The van der Waals surface area contributed by atoms with Gasteiger partial charge < -0.3 is 4.90 Å². The molecule has 0 N–H and O–H groups in total. The molecule has 1 aliphatic rings. The van der Waals surface area contributed by atoms with E-state index in [1.165, 1.54) is 6.07 Å². The van der Waals surface area contributed by atoms with Crippen molar-refractivity contribution in [2.75, 3.05) is 4.90 Å². The van der Waals surface area contributed by atoms with Crippen LogP contribution in [0.4, 0.5) is 10.1 Å². The van der Waals surface area contributed by atoms with Crippen molar-refractivity contribution in [2.45, 2.75) is 45.2 Å². The summed E-state index contributed by atoms with van der Waals surface area (Å²) in [5.41, 5.74) is 1.62. The van der Waals surface area contributed by atoms with E-state index in [1.54, 1.807) is 6.07 Å². The summed E-state index contributed by atoms with van der Waals surface area (Å²) < 4.78 is 13.4. The van der Waals surface area contributed by atoms with Crippen LogP contribution < -0.4 is 4.90 Å². The molecule has 2 rings (SSSR count). The van der Waals surface area contributed by atoms with Gasteiger partial charge >= 0.3 is 0 Å². The van der Waals surface area contributed by atoms with Crippen molar-refractivity contribution in [3.8, 4) is 12.3 Å². The van der Waals surface area contributed by atoms with Crippen molar-refractivity contribution in [1.29, 1.82) is 0 Å². The summed E-state index contributed by atoms with van der Waals surface area (Å²) in [5, 5.41) is 0. The Kier molecular flexibility index (Phi) is 2.87. The van der Waals surface area contributed by atoms with Crippen LogP contribution in [0.25, 0.3) is 0 Å². The average Bonchev–Trinajstić information content (AvgIpc) is 3.07. The van der Waals surface area contributed by atoms with E-state index in [9.17, 15) is 4.39 Å². The van der Waals surface area contributed by atoms with Crippen LogP contribution >= 0.6 is 0 Å². The summed E-state index contributed by atoms with van der Waals surface area (Å²) in [4.78, 5) is 2.19. The number of aryl methyl sites for hydroxylation is 1. The molecule has 2 heteroatoms. The lowest BCUT2D eigenvalue weighted by Crippen LogP contribution is -2.45. The molecule has 0 amide bonds. The predicted molar refractivity (Wildman–Crippen MR) is 69.6 cm³/mol. The van der Waals surface area contributed by atoms with E-state index in [2.05, 4.69) is 10.8 Å². The van der Waals surface area contributed by atoms with E-state index >= 15 is 0 Å². The van der Waals surface area contributed by atoms with Crippen LogP contribution in [0, 0.1) is 25.1 Å². The molecule has 0 aliphatic heterocycles. The number of benzene rings is 1. The SMILES string of the molecule is C#CC(C)(C)N(c1cc(F)ccc1C)C1CC1. The van der Waals surface area contributed by atoms with Gasteiger partial charge in [0.25, 0.3) is 0 Å². The zero-order valence-electron chi connectivity index (χ0n) is 10.6. The summed E-state index contributed by atoms with van der Waals surface area (Å²) in [6, 6.07) is 5.35. The maximum atomic E-state index is 13.4. The zero-order chi connectivity index (χ0) is 12.6. The Balaban J connectivity index is 2.47. The minimum atomic E-state index is -0.375. The van der Waals surface area contributed by atoms with Crippen LogP contribution in [-0.2, 0) is 0 Å². The molecule has 1 aliphatic carbocycles. The molecule has 1 saturated carbocycles. The van der Waals surface area contributed by atoms with E-state index in [-0.39, 0.29) is 11.4 Å². The van der Waals surface area contributed by atoms with E-state index in [0.717, 1.165) is 24.1 Å². The maximum absolute atomic E-state index is 13.4. The molecule has 90 valence electrons. The molecular weight excluding hydrogens is 213 g/mol. The molecule has 0 saturated heterocycles. The lowest BCUT2D eigenvalue weighted by atomic mass is 10.0. The highest BCUT2D eigenvalue weighted by Crippen LogP contribution is 2.38. The zero-order valence-corrected chi connectivity index (χ0v) is 10.6. The van der Waals surface area contributed by atoms with Gasteiger partial charge in [-0.05, 0) is 51.3 Å². The Morgan fingerprint density at radius 2 is 2.06 bits per heavy atom. The van der Waals surface area contributed by atoms with Crippen molar-refractivity contribution in [2.24, 2.45) is 0 Å².